The van der Waals surface area contributed by atoms with Gasteiger partial charge in [-0.25, -0.2) is 15.5 Å². The predicted octanol–water partition coefficient (Wildman–Crippen LogP) is 0.786. The second-order valence-electron chi connectivity index (χ2n) is 4.08. The van der Waals surface area contributed by atoms with Crippen LogP contribution in [0, 0.1) is 20.8 Å². The maximum absolute atomic E-state index is 11.3. The SMILES string of the molecule is Cc1csc(-n2nc(C)c(CC(=O)NN)c2C)n1. The highest BCUT2D eigenvalue weighted by Crippen LogP contribution is 2.20. The van der Waals surface area contributed by atoms with Gasteiger partial charge in [-0.15, -0.1) is 11.3 Å². The van der Waals surface area contributed by atoms with Gasteiger partial charge < -0.3 is 0 Å². The van der Waals surface area contributed by atoms with E-state index in [-0.39, 0.29) is 12.3 Å². The lowest BCUT2D eigenvalue weighted by molar-refractivity contribution is -0.120. The molecule has 0 saturated carbocycles. The normalized spacial score (nSPS) is 10.7. The summed E-state index contributed by atoms with van der Waals surface area (Å²) in [4.78, 5) is 15.7. The average molecular weight is 265 g/mol. The topological polar surface area (TPSA) is 85.8 Å². The fourth-order valence-corrected chi connectivity index (χ4v) is 2.57. The number of amides is 1. The van der Waals surface area contributed by atoms with E-state index >= 15 is 0 Å². The molecule has 2 aromatic heterocycles. The molecule has 18 heavy (non-hydrogen) atoms. The molecule has 96 valence electrons. The van der Waals surface area contributed by atoms with Crippen molar-refractivity contribution in [3.05, 3.63) is 28.0 Å². The summed E-state index contributed by atoms with van der Waals surface area (Å²) < 4.78 is 1.77. The van der Waals surface area contributed by atoms with Crippen molar-refractivity contribution in [3.63, 3.8) is 0 Å². The summed E-state index contributed by atoms with van der Waals surface area (Å²) in [6, 6.07) is 0. The van der Waals surface area contributed by atoms with E-state index in [1.54, 1.807) is 4.68 Å². The minimum Gasteiger partial charge on any atom is -0.294 e. The molecule has 0 spiro atoms. The first kappa shape index (κ1) is 12.7. The molecule has 0 aromatic carbocycles. The van der Waals surface area contributed by atoms with Gasteiger partial charge in [0.2, 0.25) is 11.0 Å². The molecule has 0 aliphatic rings. The number of carbonyl (C=O) groups is 1. The van der Waals surface area contributed by atoms with E-state index in [1.165, 1.54) is 11.3 Å². The highest BCUT2D eigenvalue weighted by atomic mass is 32.1. The third-order valence-electron chi connectivity index (χ3n) is 2.73. The zero-order chi connectivity index (χ0) is 13.3. The minimum absolute atomic E-state index is 0.226. The molecule has 0 radical (unpaired) electrons. The number of aromatic nitrogens is 3. The lowest BCUT2D eigenvalue weighted by atomic mass is 10.1. The Morgan fingerprint density at radius 2 is 2.22 bits per heavy atom. The molecule has 0 unspecified atom stereocenters. The largest absolute Gasteiger partial charge is 0.294 e. The van der Waals surface area contributed by atoms with Gasteiger partial charge in [0.15, 0.2) is 0 Å². The standard InChI is InChI=1S/C11H15N5OS/c1-6-5-18-11(13-6)16-8(3)9(7(2)15-16)4-10(17)14-12/h5H,4,12H2,1-3H3,(H,14,17). The van der Waals surface area contributed by atoms with Crippen LogP contribution in [0.4, 0.5) is 0 Å². The molecular weight excluding hydrogens is 250 g/mol. The van der Waals surface area contributed by atoms with Crippen LogP contribution in [0.3, 0.4) is 0 Å². The maximum Gasteiger partial charge on any atom is 0.238 e. The van der Waals surface area contributed by atoms with E-state index in [0.29, 0.717) is 0 Å². The molecule has 0 aliphatic carbocycles. The molecule has 6 nitrogen and oxygen atoms in total. The number of hydrogen-bond acceptors (Lipinski definition) is 5. The van der Waals surface area contributed by atoms with Crippen molar-refractivity contribution in [2.24, 2.45) is 5.84 Å². The number of carbonyl (C=O) groups excluding carboxylic acids is 1. The van der Waals surface area contributed by atoms with Crippen molar-refractivity contribution < 1.29 is 4.79 Å². The van der Waals surface area contributed by atoms with E-state index in [4.69, 9.17) is 5.84 Å². The summed E-state index contributed by atoms with van der Waals surface area (Å²) in [6.07, 6.45) is 0.235. The third kappa shape index (κ3) is 2.27. The van der Waals surface area contributed by atoms with Gasteiger partial charge in [-0.1, -0.05) is 0 Å². The van der Waals surface area contributed by atoms with Gasteiger partial charge in [-0.3, -0.25) is 10.2 Å². The molecule has 7 heteroatoms. The lowest BCUT2D eigenvalue weighted by Gasteiger charge is -2.01. The Labute approximate surface area is 109 Å². The average Bonchev–Trinajstić information content (AvgIpc) is 2.87. The van der Waals surface area contributed by atoms with Crippen LogP contribution in [0.5, 0.6) is 0 Å². The van der Waals surface area contributed by atoms with E-state index in [2.05, 4.69) is 15.5 Å². The van der Waals surface area contributed by atoms with Crippen LogP contribution in [0.1, 0.15) is 22.6 Å². The molecular formula is C11H15N5OS. The van der Waals surface area contributed by atoms with Gasteiger partial charge in [0.05, 0.1) is 17.8 Å². The molecule has 0 saturated heterocycles. The first-order valence-corrected chi connectivity index (χ1v) is 6.38. The van der Waals surface area contributed by atoms with Crippen LogP contribution in [-0.4, -0.2) is 20.7 Å². The van der Waals surface area contributed by atoms with E-state index in [9.17, 15) is 4.79 Å². The van der Waals surface area contributed by atoms with E-state index in [0.717, 1.165) is 27.8 Å². The lowest BCUT2D eigenvalue weighted by Crippen LogP contribution is -2.31. The summed E-state index contributed by atoms with van der Waals surface area (Å²) in [5.74, 6) is 4.88. The van der Waals surface area contributed by atoms with E-state index < -0.39 is 0 Å². The highest BCUT2D eigenvalue weighted by molar-refractivity contribution is 7.12. The molecule has 3 N–H and O–H groups in total. The quantitative estimate of drug-likeness (QED) is 0.488. The molecule has 1 amide bonds. The molecule has 2 rings (SSSR count). The fourth-order valence-electron chi connectivity index (χ4n) is 1.77. The number of nitrogens with two attached hydrogens (primary N) is 1. The van der Waals surface area contributed by atoms with Crippen molar-refractivity contribution in [1.29, 1.82) is 0 Å². The van der Waals surface area contributed by atoms with Gasteiger partial charge in [0, 0.05) is 16.6 Å². The van der Waals surface area contributed by atoms with Crippen molar-refractivity contribution in [1.82, 2.24) is 20.2 Å². The van der Waals surface area contributed by atoms with Crippen LogP contribution in [0.25, 0.3) is 5.13 Å². The van der Waals surface area contributed by atoms with Crippen LogP contribution < -0.4 is 11.3 Å². The summed E-state index contributed by atoms with van der Waals surface area (Å²) in [7, 11) is 0. The summed E-state index contributed by atoms with van der Waals surface area (Å²) in [5.41, 5.74) is 5.73. The number of rotatable bonds is 3. The monoisotopic (exact) mass is 265 g/mol. The second-order valence-corrected chi connectivity index (χ2v) is 4.91. The zero-order valence-electron chi connectivity index (χ0n) is 10.5. The number of aryl methyl sites for hydroxylation is 2. The zero-order valence-corrected chi connectivity index (χ0v) is 11.3. The Bertz CT molecular complexity index is 586. The number of thiazole rings is 1. The smallest absolute Gasteiger partial charge is 0.238 e. The van der Waals surface area contributed by atoms with Crippen molar-refractivity contribution in [2.45, 2.75) is 27.2 Å². The Kier molecular flexibility index (Phi) is 3.44. The first-order valence-electron chi connectivity index (χ1n) is 5.50. The molecule has 0 atom stereocenters. The molecule has 2 heterocycles. The molecule has 0 bridgehead atoms. The van der Waals surface area contributed by atoms with Crippen LogP contribution in [0.2, 0.25) is 0 Å². The van der Waals surface area contributed by atoms with Gasteiger partial charge >= 0.3 is 0 Å². The van der Waals surface area contributed by atoms with Crippen molar-refractivity contribution in [2.75, 3.05) is 0 Å². The summed E-state index contributed by atoms with van der Waals surface area (Å²) in [5, 5.41) is 7.21. The van der Waals surface area contributed by atoms with Gasteiger partial charge in [-0.2, -0.15) is 5.10 Å². The number of hydrogen-bond donors (Lipinski definition) is 2. The molecule has 0 fully saturated rings. The highest BCUT2D eigenvalue weighted by Gasteiger charge is 2.16. The predicted molar refractivity (Wildman–Crippen MR) is 69.5 cm³/mol. The first-order chi connectivity index (χ1) is 8.52. The molecule has 0 aliphatic heterocycles. The maximum atomic E-state index is 11.3. The number of nitrogens with one attached hydrogen (secondary N) is 1. The van der Waals surface area contributed by atoms with Crippen LogP contribution in [-0.2, 0) is 11.2 Å². The number of hydrazine groups is 1. The van der Waals surface area contributed by atoms with Crippen molar-refractivity contribution in [3.8, 4) is 5.13 Å². The van der Waals surface area contributed by atoms with Crippen LogP contribution in [0.15, 0.2) is 5.38 Å². The number of nitrogens with zero attached hydrogens (tertiary/aromatic N) is 3. The Morgan fingerprint density at radius 3 is 2.78 bits per heavy atom. The van der Waals surface area contributed by atoms with Gasteiger partial charge in [0.25, 0.3) is 0 Å². The Balaban J connectivity index is 2.40. The second kappa shape index (κ2) is 4.87. The van der Waals surface area contributed by atoms with Crippen LogP contribution >= 0.6 is 11.3 Å². The van der Waals surface area contributed by atoms with E-state index in [1.807, 2.05) is 26.2 Å². The fraction of sp³-hybridized carbons (Fsp3) is 0.364. The summed E-state index contributed by atoms with van der Waals surface area (Å²) >= 11 is 1.53. The van der Waals surface area contributed by atoms with Crippen molar-refractivity contribution >= 4 is 17.2 Å². The van der Waals surface area contributed by atoms with Gasteiger partial charge in [0.1, 0.15) is 0 Å². The Hall–Kier alpha value is -1.73. The summed E-state index contributed by atoms with van der Waals surface area (Å²) in [6.45, 7) is 5.74. The minimum atomic E-state index is -0.226. The third-order valence-corrected chi connectivity index (χ3v) is 3.66. The molecule has 2 aromatic rings. The van der Waals surface area contributed by atoms with Gasteiger partial charge in [-0.05, 0) is 20.8 Å². The Morgan fingerprint density at radius 1 is 1.50 bits per heavy atom.